The molecule has 2 rings (SSSR count). The molecule has 1 aromatic rings. The molecule has 0 spiro atoms. The maximum Gasteiger partial charge on any atom is 0.225 e. The van der Waals surface area contributed by atoms with Gasteiger partial charge in [-0.15, -0.1) is 0 Å². The molecule has 0 radical (unpaired) electrons. The van der Waals surface area contributed by atoms with Gasteiger partial charge in [0.25, 0.3) is 0 Å². The Morgan fingerprint density at radius 2 is 2.04 bits per heavy atom. The predicted molar refractivity (Wildman–Crippen MR) is 97.0 cm³/mol. The monoisotopic (exact) mass is 347 g/mol. The average Bonchev–Trinajstić information content (AvgIpc) is 2.96. The summed E-state index contributed by atoms with van der Waals surface area (Å²) in [6, 6.07) is 7.61. The highest BCUT2D eigenvalue weighted by molar-refractivity contribution is 5.89. The van der Waals surface area contributed by atoms with Crippen LogP contribution in [0, 0.1) is 11.8 Å². The van der Waals surface area contributed by atoms with Crippen LogP contribution in [0.4, 0.5) is 0 Å². The topological polar surface area (TPSA) is 84.7 Å². The number of carbonyl (C=O) groups is 2. The fourth-order valence-electron chi connectivity index (χ4n) is 2.87. The van der Waals surface area contributed by atoms with Crippen LogP contribution in [0.5, 0.6) is 5.75 Å². The summed E-state index contributed by atoms with van der Waals surface area (Å²) in [5.74, 6) is 0.593. The molecule has 138 valence electrons. The first-order valence-electron chi connectivity index (χ1n) is 8.72. The van der Waals surface area contributed by atoms with Gasteiger partial charge in [0.2, 0.25) is 11.8 Å². The third kappa shape index (κ3) is 4.51. The number of nitrogens with zero attached hydrogens (tertiary/aromatic N) is 1. The molecule has 1 aromatic carbocycles. The number of hydrogen-bond donors (Lipinski definition) is 2. The van der Waals surface area contributed by atoms with E-state index in [9.17, 15) is 9.59 Å². The first-order chi connectivity index (χ1) is 11.8. The van der Waals surface area contributed by atoms with Gasteiger partial charge in [-0.2, -0.15) is 0 Å². The van der Waals surface area contributed by atoms with Gasteiger partial charge in [-0.05, 0) is 30.5 Å². The molecule has 0 aromatic heterocycles. The standard InChI is InChI=1S/C19H29N3O3/c1-13(2)19(3,12-20)21-18(24)15-9-17(23)22(11-15)10-14-5-7-16(25-4)8-6-14/h5-8,13,15H,9-12,20H2,1-4H3,(H,21,24). The molecule has 1 fully saturated rings. The van der Waals surface area contributed by atoms with Crippen molar-refractivity contribution in [2.45, 2.75) is 39.3 Å². The number of carbonyl (C=O) groups excluding carboxylic acids is 2. The third-order valence-corrected chi connectivity index (χ3v) is 5.22. The zero-order valence-corrected chi connectivity index (χ0v) is 15.5. The van der Waals surface area contributed by atoms with Crippen LogP contribution in [0.25, 0.3) is 0 Å². The number of nitrogens with two attached hydrogens (primary N) is 1. The largest absolute Gasteiger partial charge is 0.497 e. The van der Waals surface area contributed by atoms with Crippen molar-refractivity contribution in [3.8, 4) is 5.75 Å². The summed E-state index contributed by atoms with van der Waals surface area (Å²) >= 11 is 0. The number of amides is 2. The SMILES string of the molecule is COc1ccc(CN2CC(C(=O)NC(C)(CN)C(C)C)CC2=O)cc1. The molecule has 1 heterocycles. The fraction of sp³-hybridized carbons (Fsp3) is 0.579. The Hall–Kier alpha value is -2.08. The van der Waals surface area contributed by atoms with E-state index in [2.05, 4.69) is 5.32 Å². The molecule has 2 atom stereocenters. The van der Waals surface area contributed by atoms with Gasteiger partial charge in [0.15, 0.2) is 0 Å². The smallest absolute Gasteiger partial charge is 0.225 e. The molecule has 0 saturated carbocycles. The number of ether oxygens (including phenoxy) is 1. The quantitative estimate of drug-likeness (QED) is 0.783. The van der Waals surface area contributed by atoms with E-state index in [1.807, 2.05) is 45.0 Å². The van der Waals surface area contributed by atoms with Crippen molar-refractivity contribution in [1.29, 1.82) is 0 Å². The Morgan fingerprint density at radius 3 is 2.56 bits per heavy atom. The molecule has 2 amide bonds. The summed E-state index contributed by atoms with van der Waals surface area (Å²) in [5, 5.41) is 3.05. The van der Waals surface area contributed by atoms with E-state index in [1.165, 1.54) is 0 Å². The van der Waals surface area contributed by atoms with E-state index >= 15 is 0 Å². The average molecular weight is 347 g/mol. The number of methoxy groups -OCH3 is 1. The lowest BCUT2D eigenvalue weighted by Gasteiger charge is -2.34. The van der Waals surface area contributed by atoms with Crippen LogP contribution in [0.3, 0.4) is 0 Å². The van der Waals surface area contributed by atoms with E-state index in [-0.39, 0.29) is 30.1 Å². The van der Waals surface area contributed by atoms with Crippen molar-refractivity contribution in [2.75, 3.05) is 20.2 Å². The van der Waals surface area contributed by atoms with Crippen LogP contribution >= 0.6 is 0 Å². The second-order valence-electron chi connectivity index (χ2n) is 7.29. The molecule has 25 heavy (non-hydrogen) atoms. The Bertz CT molecular complexity index is 615. The summed E-state index contributed by atoms with van der Waals surface area (Å²) in [7, 11) is 1.62. The third-order valence-electron chi connectivity index (χ3n) is 5.22. The number of rotatable bonds is 7. The summed E-state index contributed by atoms with van der Waals surface area (Å²) in [6.45, 7) is 7.32. The van der Waals surface area contributed by atoms with Crippen LogP contribution in [-0.2, 0) is 16.1 Å². The second-order valence-corrected chi connectivity index (χ2v) is 7.29. The Morgan fingerprint density at radius 1 is 1.40 bits per heavy atom. The minimum atomic E-state index is -0.455. The molecule has 1 aliphatic rings. The van der Waals surface area contributed by atoms with Gasteiger partial charge in [-0.1, -0.05) is 26.0 Å². The van der Waals surface area contributed by atoms with Crippen LogP contribution < -0.4 is 15.8 Å². The number of likely N-dealkylation sites (tertiary alicyclic amines) is 1. The highest BCUT2D eigenvalue weighted by Gasteiger charge is 2.37. The predicted octanol–water partition coefficient (Wildman–Crippen LogP) is 1.53. The van der Waals surface area contributed by atoms with E-state index in [0.717, 1.165) is 11.3 Å². The van der Waals surface area contributed by atoms with E-state index < -0.39 is 5.54 Å². The first-order valence-corrected chi connectivity index (χ1v) is 8.72. The number of hydrogen-bond acceptors (Lipinski definition) is 4. The number of benzene rings is 1. The highest BCUT2D eigenvalue weighted by atomic mass is 16.5. The summed E-state index contributed by atoms with van der Waals surface area (Å²) < 4.78 is 5.14. The van der Waals surface area contributed by atoms with Gasteiger partial charge in [0, 0.05) is 26.1 Å². The summed E-state index contributed by atoms with van der Waals surface area (Å²) in [6.07, 6.45) is 0.251. The fourth-order valence-corrected chi connectivity index (χ4v) is 2.87. The van der Waals surface area contributed by atoms with Crippen LogP contribution in [-0.4, -0.2) is 42.5 Å². The maximum absolute atomic E-state index is 12.6. The molecule has 0 bridgehead atoms. The molecule has 6 heteroatoms. The number of nitrogens with one attached hydrogen (secondary N) is 1. The lowest BCUT2D eigenvalue weighted by Crippen LogP contribution is -2.56. The first kappa shape index (κ1) is 19.2. The van der Waals surface area contributed by atoms with Gasteiger partial charge in [0.1, 0.15) is 5.75 Å². The minimum Gasteiger partial charge on any atom is -0.497 e. The van der Waals surface area contributed by atoms with Gasteiger partial charge in [-0.3, -0.25) is 9.59 Å². The lowest BCUT2D eigenvalue weighted by molar-refractivity contribution is -0.130. The molecule has 6 nitrogen and oxygen atoms in total. The van der Waals surface area contributed by atoms with Gasteiger partial charge in [0.05, 0.1) is 18.6 Å². The van der Waals surface area contributed by atoms with Gasteiger partial charge < -0.3 is 20.7 Å². The van der Waals surface area contributed by atoms with E-state index in [0.29, 0.717) is 19.6 Å². The van der Waals surface area contributed by atoms with Crippen LogP contribution in [0.15, 0.2) is 24.3 Å². The molecular formula is C19H29N3O3. The van der Waals surface area contributed by atoms with Crippen LogP contribution in [0.2, 0.25) is 0 Å². The second kappa shape index (κ2) is 7.87. The summed E-state index contributed by atoms with van der Waals surface area (Å²) in [5.41, 5.74) is 6.40. The Balaban J connectivity index is 1.97. The van der Waals surface area contributed by atoms with E-state index in [4.69, 9.17) is 10.5 Å². The Labute approximate surface area is 149 Å². The molecule has 0 aliphatic carbocycles. The van der Waals surface area contributed by atoms with Crippen molar-refractivity contribution >= 4 is 11.8 Å². The summed E-state index contributed by atoms with van der Waals surface area (Å²) in [4.78, 5) is 26.6. The lowest BCUT2D eigenvalue weighted by atomic mass is 9.87. The maximum atomic E-state index is 12.6. The van der Waals surface area contributed by atoms with Crippen molar-refractivity contribution in [3.63, 3.8) is 0 Å². The molecule has 3 N–H and O–H groups in total. The molecular weight excluding hydrogens is 318 g/mol. The normalized spacial score (nSPS) is 19.8. The van der Waals surface area contributed by atoms with Crippen molar-refractivity contribution < 1.29 is 14.3 Å². The van der Waals surface area contributed by atoms with E-state index in [1.54, 1.807) is 12.0 Å². The van der Waals surface area contributed by atoms with Crippen molar-refractivity contribution in [1.82, 2.24) is 10.2 Å². The zero-order chi connectivity index (χ0) is 18.6. The van der Waals surface area contributed by atoms with Crippen molar-refractivity contribution in [2.24, 2.45) is 17.6 Å². The van der Waals surface area contributed by atoms with Crippen molar-refractivity contribution in [3.05, 3.63) is 29.8 Å². The molecule has 1 aliphatic heterocycles. The van der Waals surface area contributed by atoms with Gasteiger partial charge in [-0.25, -0.2) is 0 Å². The van der Waals surface area contributed by atoms with Gasteiger partial charge >= 0.3 is 0 Å². The minimum absolute atomic E-state index is 0.00923. The zero-order valence-electron chi connectivity index (χ0n) is 15.5. The van der Waals surface area contributed by atoms with Crippen LogP contribution in [0.1, 0.15) is 32.8 Å². The Kier molecular flexibility index (Phi) is 6.06. The molecule has 1 saturated heterocycles. The molecule has 2 unspecified atom stereocenters. The highest BCUT2D eigenvalue weighted by Crippen LogP contribution is 2.23.